The Morgan fingerprint density at radius 2 is 2.10 bits per heavy atom. The molecule has 2 aromatic rings. The van der Waals surface area contributed by atoms with Crippen LogP contribution in [-0.4, -0.2) is 57.2 Å². The number of aryl methyl sites for hydroxylation is 1. The van der Waals surface area contributed by atoms with Crippen molar-refractivity contribution in [1.82, 2.24) is 19.7 Å². The summed E-state index contributed by atoms with van der Waals surface area (Å²) in [6.07, 6.45) is -4.62. The maximum absolute atomic E-state index is 14.0. The molecular formula is C17H21F3N6O3. The van der Waals surface area contributed by atoms with Crippen LogP contribution >= 0.6 is 0 Å². The minimum absolute atomic E-state index is 0.0193. The number of rotatable bonds is 3. The summed E-state index contributed by atoms with van der Waals surface area (Å²) in [4.78, 5) is 24.1. The number of nitrogens with zero attached hydrogens (tertiary/aromatic N) is 6. The molecule has 2 atom stereocenters. The molecule has 0 amide bonds. The Morgan fingerprint density at radius 1 is 1.34 bits per heavy atom. The first kappa shape index (κ1) is 19.7. The van der Waals surface area contributed by atoms with E-state index in [1.165, 1.54) is 6.07 Å². The van der Waals surface area contributed by atoms with E-state index in [9.17, 15) is 18.0 Å². The van der Waals surface area contributed by atoms with E-state index in [0.717, 1.165) is 16.4 Å². The summed E-state index contributed by atoms with van der Waals surface area (Å²) >= 11 is 0. The van der Waals surface area contributed by atoms with Gasteiger partial charge in [0.1, 0.15) is 12.4 Å². The van der Waals surface area contributed by atoms with Gasteiger partial charge in [0.25, 0.3) is 5.56 Å². The molecule has 0 saturated carbocycles. The van der Waals surface area contributed by atoms with Gasteiger partial charge in [0, 0.05) is 12.6 Å². The highest BCUT2D eigenvalue weighted by Crippen LogP contribution is 2.44. The van der Waals surface area contributed by atoms with Gasteiger partial charge in [-0.2, -0.15) is 23.1 Å². The van der Waals surface area contributed by atoms with Crippen LogP contribution in [0.2, 0.25) is 0 Å². The second-order valence-corrected chi connectivity index (χ2v) is 7.55. The Labute approximate surface area is 164 Å². The average molecular weight is 414 g/mol. The molecule has 2 aliphatic rings. The van der Waals surface area contributed by atoms with Gasteiger partial charge in [0.05, 0.1) is 25.8 Å². The van der Waals surface area contributed by atoms with E-state index in [0.29, 0.717) is 31.4 Å². The van der Waals surface area contributed by atoms with E-state index in [-0.39, 0.29) is 24.4 Å². The van der Waals surface area contributed by atoms with E-state index in [1.807, 2.05) is 11.8 Å². The minimum Gasteiger partial charge on any atom is -0.377 e. The van der Waals surface area contributed by atoms with E-state index < -0.39 is 23.8 Å². The summed E-state index contributed by atoms with van der Waals surface area (Å²) in [5.41, 5.74) is -2.88. The van der Waals surface area contributed by atoms with Crippen molar-refractivity contribution in [1.29, 1.82) is 0 Å². The molecule has 12 heteroatoms. The van der Waals surface area contributed by atoms with Crippen molar-refractivity contribution in [2.24, 2.45) is 0 Å². The second-order valence-electron chi connectivity index (χ2n) is 7.55. The molecule has 4 heterocycles. The van der Waals surface area contributed by atoms with E-state index in [1.54, 1.807) is 6.92 Å². The topological polar surface area (TPSA) is 89.5 Å². The molecule has 0 aliphatic carbocycles. The lowest BCUT2D eigenvalue weighted by molar-refractivity contribution is -0.182. The third kappa shape index (κ3) is 3.24. The number of anilines is 2. The van der Waals surface area contributed by atoms with Crippen molar-refractivity contribution >= 4 is 11.8 Å². The van der Waals surface area contributed by atoms with Gasteiger partial charge in [0.2, 0.25) is 11.8 Å². The lowest BCUT2D eigenvalue weighted by Gasteiger charge is -2.36. The molecule has 9 nitrogen and oxygen atoms in total. The quantitative estimate of drug-likeness (QED) is 0.747. The van der Waals surface area contributed by atoms with Gasteiger partial charge >= 0.3 is 6.18 Å². The number of halogens is 3. The van der Waals surface area contributed by atoms with E-state index in [2.05, 4.69) is 15.1 Å². The first-order valence-electron chi connectivity index (χ1n) is 9.20. The number of morpholine rings is 1. The van der Waals surface area contributed by atoms with Crippen molar-refractivity contribution in [3.05, 3.63) is 28.1 Å². The first-order valence-corrected chi connectivity index (χ1v) is 9.20. The zero-order chi connectivity index (χ0) is 21.0. The van der Waals surface area contributed by atoms with Crippen molar-refractivity contribution < 1.29 is 22.4 Å². The van der Waals surface area contributed by atoms with E-state index >= 15 is 0 Å². The Kier molecular flexibility index (Phi) is 4.56. The molecule has 2 aliphatic heterocycles. The fraction of sp³-hybridized carbons (Fsp3) is 0.647. The summed E-state index contributed by atoms with van der Waals surface area (Å²) in [7, 11) is 0. The number of alkyl halides is 3. The lowest BCUT2D eigenvalue weighted by Crippen LogP contribution is -2.55. The number of fused-ring (bicyclic) bond motifs is 1. The maximum Gasteiger partial charge on any atom is 0.413 e. The van der Waals surface area contributed by atoms with Crippen molar-refractivity contribution in [3.8, 4) is 0 Å². The predicted octanol–water partition coefficient (Wildman–Crippen LogP) is 1.50. The largest absolute Gasteiger partial charge is 0.413 e. The van der Waals surface area contributed by atoms with Gasteiger partial charge in [-0.15, -0.1) is 0 Å². The highest BCUT2D eigenvalue weighted by atomic mass is 19.4. The Morgan fingerprint density at radius 3 is 2.72 bits per heavy atom. The van der Waals surface area contributed by atoms with Gasteiger partial charge in [-0.25, -0.2) is 0 Å². The van der Waals surface area contributed by atoms with Gasteiger partial charge in [-0.3, -0.25) is 9.36 Å². The molecule has 0 aromatic carbocycles. The third-order valence-electron chi connectivity index (χ3n) is 5.41. The average Bonchev–Trinajstić information content (AvgIpc) is 3.18. The number of ether oxygens (including phenoxy) is 1. The molecule has 29 heavy (non-hydrogen) atoms. The molecule has 2 unspecified atom stereocenters. The van der Waals surface area contributed by atoms with Gasteiger partial charge in [-0.05, 0) is 20.8 Å². The molecule has 0 spiro atoms. The summed E-state index contributed by atoms with van der Waals surface area (Å²) < 4.78 is 53.6. The van der Waals surface area contributed by atoms with Crippen LogP contribution in [-0.2, 0) is 17.8 Å². The van der Waals surface area contributed by atoms with Gasteiger partial charge in [-0.1, -0.05) is 5.16 Å². The number of hydrogen-bond acceptors (Lipinski definition) is 8. The highest BCUT2D eigenvalue weighted by Gasteiger charge is 2.60. The molecule has 158 valence electrons. The Bertz CT molecular complexity index is 974. The standard InChI is InChI=1S/C17H21F3N6O3/c1-10-8-28-5-4-24(10)12-6-14(27)25-9-16(3,17(18,19)20)26(15(25)22-12)7-13-21-11(2)23-29-13/h6,10H,4-5,7-9H2,1-3H3. The molecule has 4 rings (SSSR count). The van der Waals surface area contributed by atoms with Crippen molar-refractivity contribution in [2.75, 3.05) is 29.6 Å². The molecule has 0 N–H and O–H groups in total. The van der Waals surface area contributed by atoms with Crippen LogP contribution in [0.25, 0.3) is 0 Å². The molecule has 2 aromatic heterocycles. The summed E-state index contributed by atoms with van der Waals surface area (Å²) in [5.74, 6) is 0.594. The smallest absolute Gasteiger partial charge is 0.377 e. The summed E-state index contributed by atoms with van der Waals surface area (Å²) in [6.45, 7) is 5.05. The van der Waals surface area contributed by atoms with Crippen LogP contribution in [0.3, 0.4) is 0 Å². The van der Waals surface area contributed by atoms with Crippen LogP contribution in [0.1, 0.15) is 25.6 Å². The summed E-state index contributed by atoms with van der Waals surface area (Å²) in [6, 6.07) is 1.23. The van der Waals surface area contributed by atoms with Crippen LogP contribution in [0.5, 0.6) is 0 Å². The zero-order valence-electron chi connectivity index (χ0n) is 16.2. The van der Waals surface area contributed by atoms with Crippen LogP contribution in [0.15, 0.2) is 15.4 Å². The Balaban J connectivity index is 1.80. The first-order chi connectivity index (χ1) is 13.6. The lowest BCUT2D eigenvalue weighted by atomic mass is 10.0. The Hall–Kier alpha value is -2.63. The zero-order valence-corrected chi connectivity index (χ0v) is 16.2. The fourth-order valence-electron chi connectivity index (χ4n) is 3.69. The minimum atomic E-state index is -4.62. The van der Waals surface area contributed by atoms with Crippen molar-refractivity contribution in [2.45, 2.75) is 51.6 Å². The van der Waals surface area contributed by atoms with Gasteiger partial charge < -0.3 is 19.1 Å². The van der Waals surface area contributed by atoms with Crippen LogP contribution in [0, 0.1) is 6.92 Å². The van der Waals surface area contributed by atoms with Gasteiger partial charge in [0.15, 0.2) is 11.4 Å². The predicted molar refractivity (Wildman–Crippen MR) is 95.8 cm³/mol. The second kappa shape index (κ2) is 6.71. The molecule has 0 radical (unpaired) electrons. The van der Waals surface area contributed by atoms with Crippen molar-refractivity contribution in [3.63, 3.8) is 0 Å². The normalized spacial score (nSPS) is 24.8. The number of aromatic nitrogens is 4. The third-order valence-corrected chi connectivity index (χ3v) is 5.41. The molecular weight excluding hydrogens is 393 g/mol. The van der Waals surface area contributed by atoms with E-state index in [4.69, 9.17) is 9.26 Å². The summed E-state index contributed by atoms with van der Waals surface area (Å²) in [5, 5.41) is 3.64. The molecule has 0 bridgehead atoms. The maximum atomic E-state index is 14.0. The van der Waals surface area contributed by atoms with Crippen LogP contribution < -0.4 is 15.4 Å². The molecule has 1 fully saturated rings. The van der Waals surface area contributed by atoms with Crippen LogP contribution in [0.4, 0.5) is 24.9 Å². The fourth-order valence-corrected chi connectivity index (χ4v) is 3.69. The highest BCUT2D eigenvalue weighted by molar-refractivity contribution is 5.50. The number of hydrogen-bond donors (Lipinski definition) is 0. The monoisotopic (exact) mass is 414 g/mol. The molecule has 1 saturated heterocycles. The SMILES string of the molecule is Cc1noc(CN2c3nc(N4CCOCC4C)cc(=O)n3CC2(C)C(F)(F)F)n1.